The minimum absolute atomic E-state index is 0.0827. The van der Waals surface area contributed by atoms with Crippen molar-refractivity contribution in [2.24, 2.45) is 0 Å². The molecule has 6 nitrogen and oxygen atoms in total. The van der Waals surface area contributed by atoms with Gasteiger partial charge in [-0.3, -0.25) is 14.4 Å². The summed E-state index contributed by atoms with van der Waals surface area (Å²) in [6.07, 6.45) is 93.2. The van der Waals surface area contributed by atoms with Gasteiger partial charge in [0.05, 0.1) is 0 Å². The Kier molecular flexibility index (Phi) is 67.2. The van der Waals surface area contributed by atoms with Crippen LogP contribution in [0, 0.1) is 0 Å². The second kappa shape index (κ2) is 70.1. The van der Waals surface area contributed by atoms with Gasteiger partial charge in [-0.1, -0.05) is 331 Å². The monoisotopic (exact) mass is 1140 g/mol. The molecule has 0 spiro atoms. The van der Waals surface area contributed by atoms with E-state index in [2.05, 4.69) is 106 Å². The highest BCUT2D eigenvalue weighted by Crippen LogP contribution is 2.18. The Morgan fingerprint density at radius 3 is 0.744 bits per heavy atom. The normalized spacial score (nSPS) is 12.6. The van der Waals surface area contributed by atoms with Crippen molar-refractivity contribution in [2.75, 3.05) is 13.2 Å². The topological polar surface area (TPSA) is 78.9 Å². The summed E-state index contributed by atoms with van der Waals surface area (Å²) in [6, 6.07) is 0. The van der Waals surface area contributed by atoms with Crippen molar-refractivity contribution in [1.29, 1.82) is 0 Å². The van der Waals surface area contributed by atoms with Crippen LogP contribution < -0.4 is 0 Å². The van der Waals surface area contributed by atoms with Crippen LogP contribution in [0.5, 0.6) is 0 Å². The number of hydrogen-bond donors (Lipinski definition) is 0. The second-order valence-corrected chi connectivity index (χ2v) is 23.8. The first kappa shape index (κ1) is 78.6. The molecule has 0 N–H and O–H groups in total. The van der Waals surface area contributed by atoms with E-state index in [1.807, 2.05) is 0 Å². The van der Waals surface area contributed by atoms with Gasteiger partial charge in [-0.2, -0.15) is 0 Å². The Balaban J connectivity index is 4.39. The number of carbonyl (C=O) groups is 3. The standard InChI is InChI=1S/C76H134O6/c1-4-7-10-13-16-19-22-25-28-31-34-37-40-42-45-48-51-54-57-60-63-66-69-75(78)81-72-73(82-76(79)70-67-64-61-58-55-52-49-46-43-39-36-33-30-27-24-21-18-15-12-9-6-3)71-80-74(77)68-65-62-59-56-53-50-47-44-41-38-35-32-29-26-23-20-17-14-11-8-5-2/h9,12,18,21,23,26-27,30,32,35-36,39,46,49,73H,4-8,10-11,13-17,19-20,22,24-25,28-29,31,33-34,37-38,40-45,47-48,50-72H2,1-3H3/b12-9-,21-18-,26-23-,30-27-,35-32-,39-36-,49-46-. The molecule has 0 fully saturated rings. The number of carbonyl (C=O) groups excluding carboxylic acids is 3. The molecule has 0 aromatic heterocycles. The summed E-state index contributed by atoms with van der Waals surface area (Å²) >= 11 is 0. The quantitative estimate of drug-likeness (QED) is 0.0261. The minimum atomic E-state index is -0.790. The molecule has 82 heavy (non-hydrogen) atoms. The maximum absolute atomic E-state index is 13.0. The summed E-state index contributed by atoms with van der Waals surface area (Å²) in [5.74, 6) is -0.885. The Hall–Kier alpha value is -3.41. The molecule has 474 valence electrons. The van der Waals surface area contributed by atoms with E-state index in [1.165, 1.54) is 205 Å². The van der Waals surface area contributed by atoms with E-state index in [4.69, 9.17) is 14.2 Å². The van der Waals surface area contributed by atoms with Crippen LogP contribution in [0.3, 0.4) is 0 Å². The van der Waals surface area contributed by atoms with E-state index in [9.17, 15) is 14.4 Å². The highest BCUT2D eigenvalue weighted by molar-refractivity contribution is 5.71. The summed E-state index contributed by atoms with van der Waals surface area (Å²) in [7, 11) is 0. The lowest BCUT2D eigenvalue weighted by molar-refractivity contribution is -0.167. The van der Waals surface area contributed by atoms with E-state index >= 15 is 0 Å². The molecule has 0 heterocycles. The highest BCUT2D eigenvalue weighted by atomic mass is 16.6. The lowest BCUT2D eigenvalue weighted by Crippen LogP contribution is -2.30. The third-order valence-electron chi connectivity index (χ3n) is 15.6. The van der Waals surface area contributed by atoms with Crippen LogP contribution in [0.4, 0.5) is 0 Å². The molecule has 0 aromatic rings. The summed E-state index contributed by atoms with van der Waals surface area (Å²) in [5, 5.41) is 0. The Labute approximate surface area is 509 Å². The molecule has 0 bridgehead atoms. The van der Waals surface area contributed by atoms with E-state index in [1.54, 1.807) is 0 Å². The Morgan fingerprint density at radius 2 is 0.476 bits per heavy atom. The fraction of sp³-hybridized carbons (Fsp3) is 0.776. The van der Waals surface area contributed by atoms with Gasteiger partial charge in [-0.25, -0.2) is 0 Å². The molecular weight excluding hydrogens is 1010 g/mol. The maximum Gasteiger partial charge on any atom is 0.306 e. The third kappa shape index (κ3) is 67.4. The number of allylic oxidation sites excluding steroid dienone is 14. The fourth-order valence-corrected chi connectivity index (χ4v) is 10.3. The molecule has 0 saturated heterocycles. The van der Waals surface area contributed by atoms with Crippen LogP contribution in [-0.4, -0.2) is 37.2 Å². The molecule has 0 aliphatic carbocycles. The van der Waals surface area contributed by atoms with E-state index < -0.39 is 6.10 Å². The minimum Gasteiger partial charge on any atom is -0.462 e. The third-order valence-corrected chi connectivity index (χ3v) is 15.6. The van der Waals surface area contributed by atoms with Crippen molar-refractivity contribution in [3.63, 3.8) is 0 Å². The average molecular weight is 1140 g/mol. The predicted molar refractivity (Wildman–Crippen MR) is 358 cm³/mol. The molecule has 0 aliphatic rings. The van der Waals surface area contributed by atoms with Gasteiger partial charge >= 0.3 is 17.9 Å². The lowest BCUT2D eigenvalue weighted by atomic mass is 10.0. The van der Waals surface area contributed by atoms with Gasteiger partial charge in [-0.05, 0) is 96.3 Å². The second-order valence-electron chi connectivity index (χ2n) is 23.8. The number of rotatable bonds is 65. The van der Waals surface area contributed by atoms with Crippen LogP contribution in [0.15, 0.2) is 85.1 Å². The molecule has 1 unspecified atom stereocenters. The highest BCUT2D eigenvalue weighted by Gasteiger charge is 2.19. The van der Waals surface area contributed by atoms with Crippen molar-refractivity contribution in [3.05, 3.63) is 85.1 Å². The van der Waals surface area contributed by atoms with Crippen LogP contribution in [-0.2, 0) is 28.6 Å². The van der Waals surface area contributed by atoms with E-state index in [0.717, 1.165) is 116 Å². The first-order chi connectivity index (χ1) is 40.5. The van der Waals surface area contributed by atoms with Gasteiger partial charge in [0, 0.05) is 19.3 Å². The fourth-order valence-electron chi connectivity index (χ4n) is 10.3. The summed E-state index contributed by atoms with van der Waals surface area (Å²) in [6.45, 7) is 6.56. The van der Waals surface area contributed by atoms with Crippen molar-refractivity contribution in [2.45, 2.75) is 367 Å². The van der Waals surface area contributed by atoms with E-state index in [0.29, 0.717) is 19.3 Å². The molecule has 0 amide bonds. The zero-order valence-electron chi connectivity index (χ0n) is 54.5. The first-order valence-electron chi connectivity index (χ1n) is 35.6. The van der Waals surface area contributed by atoms with Gasteiger partial charge in [0.2, 0.25) is 0 Å². The van der Waals surface area contributed by atoms with Gasteiger partial charge in [0.1, 0.15) is 13.2 Å². The number of esters is 3. The molecule has 6 heteroatoms. The average Bonchev–Trinajstić information content (AvgIpc) is 3.47. The lowest BCUT2D eigenvalue weighted by Gasteiger charge is -2.18. The number of ether oxygens (including phenoxy) is 3. The zero-order chi connectivity index (χ0) is 59.2. The van der Waals surface area contributed by atoms with Gasteiger partial charge < -0.3 is 14.2 Å². The molecule has 0 rings (SSSR count). The first-order valence-corrected chi connectivity index (χ1v) is 35.6. The Bertz CT molecular complexity index is 1550. The molecule has 0 aromatic carbocycles. The molecule has 1 atom stereocenters. The van der Waals surface area contributed by atoms with Crippen molar-refractivity contribution >= 4 is 17.9 Å². The molecule has 0 aliphatic heterocycles. The van der Waals surface area contributed by atoms with Crippen LogP contribution in [0.1, 0.15) is 361 Å². The largest absolute Gasteiger partial charge is 0.462 e. The summed E-state index contributed by atoms with van der Waals surface area (Å²) in [4.78, 5) is 38.5. The van der Waals surface area contributed by atoms with Gasteiger partial charge in [0.15, 0.2) is 6.10 Å². The van der Waals surface area contributed by atoms with Crippen LogP contribution >= 0.6 is 0 Å². The van der Waals surface area contributed by atoms with Crippen molar-refractivity contribution in [3.8, 4) is 0 Å². The molecule has 0 saturated carbocycles. The Morgan fingerprint density at radius 1 is 0.256 bits per heavy atom. The smallest absolute Gasteiger partial charge is 0.306 e. The van der Waals surface area contributed by atoms with Crippen LogP contribution in [0.25, 0.3) is 0 Å². The maximum atomic E-state index is 13.0. The van der Waals surface area contributed by atoms with Crippen molar-refractivity contribution in [1.82, 2.24) is 0 Å². The number of unbranched alkanes of at least 4 members (excludes halogenated alkanes) is 40. The summed E-state index contributed by atoms with van der Waals surface area (Å²) in [5.41, 5.74) is 0. The molecule has 0 radical (unpaired) electrons. The molecular formula is C76H134O6. The summed E-state index contributed by atoms with van der Waals surface area (Å²) < 4.78 is 17.0. The predicted octanol–water partition coefficient (Wildman–Crippen LogP) is 24.6. The number of hydrogen-bond acceptors (Lipinski definition) is 6. The van der Waals surface area contributed by atoms with Crippen molar-refractivity contribution < 1.29 is 28.6 Å². The zero-order valence-corrected chi connectivity index (χ0v) is 54.5. The van der Waals surface area contributed by atoms with Gasteiger partial charge in [0.25, 0.3) is 0 Å². The SMILES string of the molecule is CC/C=C\C/C=C\C/C=C\C/C=C\C/C=C\CCCCCCCC(=O)OC(COC(=O)CCCCCCCCCCC/C=C\C/C=C\CCCCCCC)COC(=O)CCCCCCCCCCCCCCCCCCCCCCCC. The van der Waals surface area contributed by atoms with Crippen LogP contribution in [0.2, 0.25) is 0 Å². The van der Waals surface area contributed by atoms with Gasteiger partial charge in [-0.15, -0.1) is 0 Å². The van der Waals surface area contributed by atoms with E-state index in [-0.39, 0.29) is 31.1 Å².